The number of benzene rings is 1. The number of aromatic amines is 1. The summed E-state index contributed by atoms with van der Waals surface area (Å²) in [4.78, 5) is 20.4. The van der Waals surface area contributed by atoms with E-state index in [0.29, 0.717) is 22.3 Å². The molecule has 146 valence electrons. The van der Waals surface area contributed by atoms with Crippen LogP contribution in [0.5, 0.6) is 0 Å². The quantitative estimate of drug-likeness (QED) is 0.554. The number of carbonyl (C=O) groups is 1. The monoisotopic (exact) mass is 389 g/mol. The van der Waals surface area contributed by atoms with Gasteiger partial charge in [0.1, 0.15) is 11.5 Å². The first kappa shape index (κ1) is 18.6. The molecule has 0 aliphatic carbocycles. The second kappa shape index (κ2) is 7.35. The highest BCUT2D eigenvalue weighted by molar-refractivity contribution is 6.04. The molecule has 2 N–H and O–H groups in total. The molecular weight excluding hydrogens is 369 g/mol. The largest absolute Gasteiger partial charge is 0.350 e. The molecule has 0 bridgehead atoms. The fraction of sp³-hybridized carbons (Fsp3) is 0.136. The number of nitrogens with zero attached hydrogens (tertiary/aromatic N) is 3. The molecular formula is C22H20FN5O. The number of hydrogen-bond acceptors (Lipinski definition) is 3. The van der Waals surface area contributed by atoms with Crippen LogP contribution < -0.4 is 5.32 Å². The fourth-order valence-corrected chi connectivity index (χ4v) is 3.25. The molecule has 0 aliphatic rings. The summed E-state index contributed by atoms with van der Waals surface area (Å²) in [6, 6.07) is 8.37. The van der Waals surface area contributed by atoms with Crippen molar-refractivity contribution in [2.45, 2.75) is 13.8 Å². The van der Waals surface area contributed by atoms with Gasteiger partial charge in [-0.15, -0.1) is 0 Å². The second-order valence-corrected chi connectivity index (χ2v) is 6.96. The lowest BCUT2D eigenvalue weighted by atomic mass is 10.1. The van der Waals surface area contributed by atoms with Gasteiger partial charge in [0.15, 0.2) is 0 Å². The number of aromatic nitrogens is 4. The number of hydrogen-bond donors (Lipinski definition) is 2. The van der Waals surface area contributed by atoms with Crippen molar-refractivity contribution in [2.24, 2.45) is 7.05 Å². The van der Waals surface area contributed by atoms with E-state index in [-0.39, 0.29) is 17.4 Å². The van der Waals surface area contributed by atoms with Gasteiger partial charge >= 0.3 is 0 Å². The molecule has 0 unspecified atom stereocenters. The molecule has 0 radical (unpaired) electrons. The maximum absolute atomic E-state index is 14.1. The van der Waals surface area contributed by atoms with Crippen molar-refractivity contribution < 1.29 is 9.18 Å². The molecule has 4 rings (SSSR count). The van der Waals surface area contributed by atoms with E-state index in [0.717, 1.165) is 16.7 Å². The minimum absolute atomic E-state index is 0.277. The zero-order chi connectivity index (χ0) is 20.5. The van der Waals surface area contributed by atoms with Crippen LogP contribution in [0.1, 0.15) is 32.9 Å². The second-order valence-electron chi connectivity index (χ2n) is 6.96. The maximum atomic E-state index is 14.1. The van der Waals surface area contributed by atoms with E-state index in [2.05, 4.69) is 20.4 Å². The number of nitrogens with one attached hydrogen (secondary N) is 2. The summed E-state index contributed by atoms with van der Waals surface area (Å²) in [7, 11) is 1.82. The Balaban J connectivity index is 1.74. The van der Waals surface area contributed by atoms with E-state index in [9.17, 15) is 9.18 Å². The topological polar surface area (TPSA) is 75.6 Å². The van der Waals surface area contributed by atoms with Gasteiger partial charge in [-0.1, -0.05) is 12.1 Å². The third-order valence-corrected chi connectivity index (χ3v) is 4.74. The number of fused-ring (bicyclic) bond motifs is 1. The Hall–Kier alpha value is -3.74. The van der Waals surface area contributed by atoms with Gasteiger partial charge in [-0.2, -0.15) is 5.10 Å². The minimum Gasteiger partial charge on any atom is -0.350 e. The summed E-state index contributed by atoms with van der Waals surface area (Å²) in [6.07, 6.45) is 7.03. The van der Waals surface area contributed by atoms with Crippen LogP contribution in [0.4, 0.5) is 4.39 Å². The van der Waals surface area contributed by atoms with Crippen molar-refractivity contribution in [3.63, 3.8) is 0 Å². The summed E-state index contributed by atoms with van der Waals surface area (Å²) >= 11 is 0. The van der Waals surface area contributed by atoms with Crippen molar-refractivity contribution in [2.75, 3.05) is 0 Å². The van der Waals surface area contributed by atoms with Crippen molar-refractivity contribution in [3.05, 3.63) is 82.8 Å². The lowest BCUT2D eigenvalue weighted by Crippen LogP contribution is -2.23. The summed E-state index contributed by atoms with van der Waals surface area (Å²) in [6.45, 7) is 3.79. The minimum atomic E-state index is -0.375. The number of pyridine rings is 1. The third kappa shape index (κ3) is 3.67. The Morgan fingerprint density at radius 3 is 2.76 bits per heavy atom. The van der Waals surface area contributed by atoms with Crippen LogP contribution in [-0.4, -0.2) is 25.7 Å². The van der Waals surface area contributed by atoms with Gasteiger partial charge in [0.05, 0.1) is 23.1 Å². The number of halogens is 1. The van der Waals surface area contributed by atoms with Gasteiger partial charge in [0.2, 0.25) is 0 Å². The van der Waals surface area contributed by atoms with E-state index < -0.39 is 0 Å². The molecule has 0 spiro atoms. The molecule has 3 heterocycles. The number of amides is 1. The Bertz CT molecular complexity index is 1210. The van der Waals surface area contributed by atoms with Gasteiger partial charge in [0.25, 0.3) is 5.91 Å². The van der Waals surface area contributed by atoms with Gasteiger partial charge < -0.3 is 10.3 Å². The van der Waals surface area contributed by atoms with Crippen molar-refractivity contribution in [1.82, 2.24) is 25.1 Å². The van der Waals surface area contributed by atoms with E-state index in [4.69, 9.17) is 0 Å². The predicted molar refractivity (Wildman–Crippen MR) is 111 cm³/mol. The van der Waals surface area contributed by atoms with Crippen LogP contribution >= 0.6 is 0 Å². The van der Waals surface area contributed by atoms with Crippen molar-refractivity contribution in [3.8, 4) is 0 Å². The summed E-state index contributed by atoms with van der Waals surface area (Å²) < 4.78 is 15.8. The van der Waals surface area contributed by atoms with Crippen LogP contribution in [0.2, 0.25) is 0 Å². The summed E-state index contributed by atoms with van der Waals surface area (Å²) in [5.41, 5.74) is 4.70. The van der Waals surface area contributed by atoms with E-state index in [1.54, 1.807) is 23.1 Å². The van der Waals surface area contributed by atoms with Gasteiger partial charge in [0, 0.05) is 30.4 Å². The Morgan fingerprint density at radius 1 is 1.24 bits per heavy atom. The van der Waals surface area contributed by atoms with Crippen LogP contribution in [0, 0.1) is 19.7 Å². The number of aryl methyl sites for hydroxylation is 3. The first-order valence-electron chi connectivity index (χ1n) is 9.14. The zero-order valence-corrected chi connectivity index (χ0v) is 16.3. The molecule has 0 saturated carbocycles. The smallest absolute Gasteiger partial charge is 0.272 e. The van der Waals surface area contributed by atoms with Crippen molar-refractivity contribution >= 4 is 28.6 Å². The molecule has 0 fully saturated rings. The number of H-pyrrole nitrogens is 1. The lowest BCUT2D eigenvalue weighted by Gasteiger charge is -2.11. The summed E-state index contributed by atoms with van der Waals surface area (Å²) in [5.74, 6) is -0.743. The molecule has 1 aromatic carbocycles. The third-order valence-electron chi connectivity index (χ3n) is 4.74. The van der Waals surface area contributed by atoms with Crippen LogP contribution in [0.3, 0.4) is 0 Å². The zero-order valence-electron chi connectivity index (χ0n) is 16.3. The Labute approximate surface area is 167 Å². The molecule has 3 aromatic heterocycles. The molecule has 29 heavy (non-hydrogen) atoms. The average molecular weight is 389 g/mol. The van der Waals surface area contributed by atoms with Crippen LogP contribution in [-0.2, 0) is 7.05 Å². The summed E-state index contributed by atoms with van der Waals surface area (Å²) in [5, 5.41) is 7.47. The molecule has 1 amide bonds. The molecule has 7 heteroatoms. The molecule has 0 saturated heterocycles. The van der Waals surface area contributed by atoms with Gasteiger partial charge in [-0.05, 0) is 49.2 Å². The van der Waals surface area contributed by atoms with E-state index in [1.807, 2.05) is 45.3 Å². The maximum Gasteiger partial charge on any atom is 0.272 e. The SMILES string of the molecule is Cc1cccnc1/C(=C\c1cnn(C)c1)NC(=O)c1cc2c(F)ccc(C)c2[nH]1. The van der Waals surface area contributed by atoms with E-state index in [1.165, 1.54) is 12.1 Å². The van der Waals surface area contributed by atoms with Gasteiger partial charge in [-0.3, -0.25) is 14.5 Å². The van der Waals surface area contributed by atoms with Gasteiger partial charge in [-0.25, -0.2) is 4.39 Å². The van der Waals surface area contributed by atoms with Crippen LogP contribution in [0.15, 0.2) is 48.9 Å². The normalized spacial score (nSPS) is 11.8. The fourth-order valence-electron chi connectivity index (χ4n) is 3.25. The highest BCUT2D eigenvalue weighted by Gasteiger charge is 2.16. The highest BCUT2D eigenvalue weighted by Crippen LogP contribution is 2.23. The lowest BCUT2D eigenvalue weighted by molar-refractivity contribution is 0.0970. The van der Waals surface area contributed by atoms with Crippen molar-refractivity contribution in [1.29, 1.82) is 0 Å². The van der Waals surface area contributed by atoms with E-state index >= 15 is 0 Å². The molecule has 4 aromatic rings. The highest BCUT2D eigenvalue weighted by atomic mass is 19.1. The van der Waals surface area contributed by atoms with Crippen LogP contribution in [0.25, 0.3) is 22.7 Å². The number of rotatable bonds is 4. The first-order valence-corrected chi connectivity index (χ1v) is 9.14. The molecule has 0 aliphatic heterocycles. The molecule has 6 nitrogen and oxygen atoms in total. The Kier molecular flexibility index (Phi) is 4.72. The average Bonchev–Trinajstić information content (AvgIpc) is 3.32. The first-order chi connectivity index (χ1) is 13.9. The molecule has 0 atom stereocenters. The Morgan fingerprint density at radius 2 is 2.07 bits per heavy atom. The predicted octanol–water partition coefficient (Wildman–Crippen LogP) is 3.98. The standard InChI is InChI=1S/C22H20FN5O/c1-13-5-4-8-24-21(13)18(9-15-11-25-28(3)12-15)27-22(29)19-10-16-17(23)7-6-14(2)20(16)26-19/h4-12,26H,1-3H3,(H,27,29)/b18-9+. The number of carbonyl (C=O) groups excluding carboxylic acids is 1.